The second kappa shape index (κ2) is 5.24. The molecule has 0 aromatic heterocycles. The van der Waals surface area contributed by atoms with Gasteiger partial charge in [0, 0.05) is 14.1 Å². The first-order valence-corrected chi connectivity index (χ1v) is 5.06. The molecule has 1 aromatic rings. The third-order valence-electron chi connectivity index (χ3n) is 1.79. The first-order valence-electron chi connectivity index (χ1n) is 4.30. The lowest BCUT2D eigenvalue weighted by molar-refractivity contribution is 0.209. The van der Waals surface area contributed by atoms with Crippen LogP contribution in [0.1, 0.15) is 5.56 Å². The molecule has 0 spiro atoms. The Morgan fingerprint density at radius 3 is 2.20 bits per heavy atom. The largest absolute Gasteiger partial charge is 0.397 e. The fourth-order valence-electron chi connectivity index (χ4n) is 1.15. The molecule has 1 rings (SSSR count). The molecule has 0 radical (unpaired) electrons. The predicted molar refractivity (Wildman–Crippen MR) is 63.7 cm³/mol. The highest BCUT2D eigenvalue weighted by atomic mass is 35.5. The van der Waals surface area contributed by atoms with E-state index in [0.717, 1.165) is 0 Å². The number of halogens is 2. The molecular formula is C10H12Cl2N2O. The van der Waals surface area contributed by atoms with Gasteiger partial charge in [0.05, 0.1) is 15.6 Å². The van der Waals surface area contributed by atoms with Crippen molar-refractivity contribution in [1.82, 2.24) is 4.90 Å². The zero-order valence-electron chi connectivity index (χ0n) is 8.79. The van der Waals surface area contributed by atoms with E-state index in [9.17, 15) is 0 Å². The van der Waals surface area contributed by atoms with E-state index in [1.165, 1.54) is 7.11 Å². The van der Waals surface area contributed by atoms with Crippen molar-refractivity contribution in [3.8, 4) is 0 Å². The summed E-state index contributed by atoms with van der Waals surface area (Å²) >= 11 is 12.1. The Morgan fingerprint density at radius 1 is 1.27 bits per heavy atom. The zero-order valence-corrected chi connectivity index (χ0v) is 10.3. The van der Waals surface area contributed by atoms with Crippen LogP contribution >= 0.6 is 23.2 Å². The minimum absolute atomic E-state index is 0.548. The summed E-state index contributed by atoms with van der Waals surface area (Å²) in [5, 5.41) is 4.99. The summed E-state index contributed by atoms with van der Waals surface area (Å²) in [4.78, 5) is 6.55. The maximum absolute atomic E-state index is 6.06. The van der Waals surface area contributed by atoms with E-state index in [1.807, 2.05) is 14.1 Å². The molecule has 82 valence electrons. The van der Waals surface area contributed by atoms with Gasteiger partial charge in [-0.2, -0.15) is 0 Å². The molecule has 0 unspecified atom stereocenters. The maximum Gasteiger partial charge on any atom is 0.177 e. The molecule has 5 heteroatoms. The fourth-order valence-corrected chi connectivity index (χ4v) is 1.72. The van der Waals surface area contributed by atoms with Gasteiger partial charge in [-0.3, -0.25) is 0 Å². The molecule has 0 heterocycles. The molecule has 0 atom stereocenters. The predicted octanol–water partition coefficient (Wildman–Crippen LogP) is 2.86. The smallest absolute Gasteiger partial charge is 0.177 e. The van der Waals surface area contributed by atoms with Crippen LogP contribution in [0, 0.1) is 0 Å². The number of rotatable bonds is 2. The van der Waals surface area contributed by atoms with Crippen molar-refractivity contribution in [3.05, 3.63) is 33.8 Å². The van der Waals surface area contributed by atoms with Crippen molar-refractivity contribution in [3.63, 3.8) is 0 Å². The quantitative estimate of drug-likeness (QED) is 0.456. The van der Waals surface area contributed by atoms with Crippen LogP contribution in [0.15, 0.2) is 23.4 Å². The number of hydrogen-bond acceptors (Lipinski definition) is 2. The molecule has 0 aliphatic carbocycles. The van der Waals surface area contributed by atoms with E-state index < -0.39 is 0 Å². The van der Waals surface area contributed by atoms with Gasteiger partial charge in [0.2, 0.25) is 0 Å². The van der Waals surface area contributed by atoms with Crippen LogP contribution in [0.5, 0.6) is 0 Å². The van der Waals surface area contributed by atoms with Gasteiger partial charge in [-0.15, -0.1) is 0 Å². The monoisotopic (exact) mass is 246 g/mol. The standard InChI is InChI=1S/C10H12Cl2N2O/c1-14(2)10(13-15-3)9-7(11)5-4-6-8(9)12/h4-6H,1-3H3/b13-10-. The van der Waals surface area contributed by atoms with E-state index in [-0.39, 0.29) is 0 Å². The molecule has 0 saturated heterocycles. The minimum Gasteiger partial charge on any atom is -0.397 e. The van der Waals surface area contributed by atoms with Gasteiger partial charge in [-0.1, -0.05) is 34.4 Å². The van der Waals surface area contributed by atoms with Gasteiger partial charge in [0.1, 0.15) is 7.11 Å². The number of nitrogens with zero attached hydrogens (tertiary/aromatic N) is 2. The second-order valence-corrected chi connectivity index (χ2v) is 3.90. The Kier molecular flexibility index (Phi) is 4.24. The molecule has 0 aliphatic rings. The molecule has 0 amide bonds. The van der Waals surface area contributed by atoms with Gasteiger partial charge in [-0.05, 0) is 12.1 Å². The first-order chi connectivity index (χ1) is 7.07. The third kappa shape index (κ3) is 2.76. The highest BCUT2D eigenvalue weighted by Crippen LogP contribution is 2.25. The molecule has 1 aromatic carbocycles. The van der Waals surface area contributed by atoms with E-state index in [4.69, 9.17) is 28.0 Å². The average Bonchev–Trinajstić information content (AvgIpc) is 2.15. The van der Waals surface area contributed by atoms with Crippen LogP contribution in [0.4, 0.5) is 0 Å². The minimum atomic E-state index is 0.548. The molecular weight excluding hydrogens is 235 g/mol. The lowest BCUT2D eigenvalue weighted by Gasteiger charge is -2.16. The topological polar surface area (TPSA) is 24.8 Å². The van der Waals surface area contributed by atoms with Crippen LogP contribution in [-0.4, -0.2) is 31.9 Å². The summed E-state index contributed by atoms with van der Waals surface area (Å²) in [6, 6.07) is 5.31. The van der Waals surface area contributed by atoms with E-state index in [1.54, 1.807) is 23.1 Å². The SMILES string of the molecule is CO/N=C(/c1c(Cl)cccc1Cl)N(C)C. The summed E-state index contributed by atoms with van der Waals surface area (Å²) in [6.45, 7) is 0. The Bertz CT molecular complexity index is 357. The summed E-state index contributed by atoms with van der Waals surface area (Å²) < 4.78 is 0. The fraction of sp³-hybridized carbons (Fsp3) is 0.300. The number of amidine groups is 1. The van der Waals surface area contributed by atoms with Crippen molar-refractivity contribution in [2.75, 3.05) is 21.2 Å². The van der Waals surface area contributed by atoms with Crippen LogP contribution < -0.4 is 0 Å². The van der Waals surface area contributed by atoms with Crippen molar-refractivity contribution >= 4 is 29.0 Å². The molecule has 0 aliphatic heterocycles. The van der Waals surface area contributed by atoms with Gasteiger partial charge in [-0.25, -0.2) is 0 Å². The first kappa shape index (κ1) is 12.1. The molecule has 0 saturated carbocycles. The van der Waals surface area contributed by atoms with Crippen molar-refractivity contribution < 1.29 is 4.84 Å². The molecule has 15 heavy (non-hydrogen) atoms. The van der Waals surface area contributed by atoms with Crippen molar-refractivity contribution in [1.29, 1.82) is 0 Å². The van der Waals surface area contributed by atoms with Gasteiger partial charge in [0.25, 0.3) is 0 Å². The van der Waals surface area contributed by atoms with Crippen LogP contribution in [0.25, 0.3) is 0 Å². The Hall–Kier alpha value is -0.930. The average molecular weight is 247 g/mol. The number of oxime groups is 1. The summed E-state index contributed by atoms with van der Waals surface area (Å²) in [7, 11) is 5.17. The van der Waals surface area contributed by atoms with Crippen molar-refractivity contribution in [2.24, 2.45) is 5.16 Å². The highest BCUT2D eigenvalue weighted by Gasteiger charge is 2.14. The molecule has 0 N–H and O–H groups in total. The van der Waals surface area contributed by atoms with Crippen LogP contribution in [-0.2, 0) is 4.84 Å². The number of hydrogen-bond donors (Lipinski definition) is 0. The van der Waals surface area contributed by atoms with E-state index >= 15 is 0 Å². The Balaban J connectivity index is 3.29. The summed E-state index contributed by atoms with van der Waals surface area (Å²) in [6.07, 6.45) is 0. The Labute approximate surface area is 99.2 Å². The zero-order chi connectivity index (χ0) is 11.4. The third-order valence-corrected chi connectivity index (χ3v) is 2.42. The van der Waals surface area contributed by atoms with Crippen LogP contribution in [0.3, 0.4) is 0 Å². The van der Waals surface area contributed by atoms with Gasteiger partial charge < -0.3 is 9.74 Å². The van der Waals surface area contributed by atoms with Gasteiger partial charge in [0.15, 0.2) is 5.84 Å². The second-order valence-electron chi connectivity index (χ2n) is 3.09. The summed E-state index contributed by atoms with van der Waals surface area (Å²) in [5.74, 6) is 0.591. The van der Waals surface area contributed by atoms with E-state index in [2.05, 4.69) is 5.16 Å². The maximum atomic E-state index is 6.06. The highest BCUT2D eigenvalue weighted by molar-refractivity contribution is 6.40. The lowest BCUT2D eigenvalue weighted by Crippen LogP contribution is -2.24. The molecule has 0 fully saturated rings. The normalized spacial score (nSPS) is 11.4. The summed E-state index contributed by atoms with van der Waals surface area (Å²) in [5.41, 5.74) is 0.674. The number of benzene rings is 1. The lowest BCUT2D eigenvalue weighted by atomic mass is 10.2. The van der Waals surface area contributed by atoms with Crippen LogP contribution in [0.2, 0.25) is 10.0 Å². The molecule has 3 nitrogen and oxygen atoms in total. The molecule has 0 bridgehead atoms. The van der Waals surface area contributed by atoms with Gasteiger partial charge >= 0.3 is 0 Å². The van der Waals surface area contributed by atoms with E-state index in [0.29, 0.717) is 21.4 Å². The Morgan fingerprint density at radius 2 is 1.80 bits per heavy atom. The van der Waals surface area contributed by atoms with Crippen molar-refractivity contribution in [2.45, 2.75) is 0 Å².